The molecule has 0 unspecified atom stereocenters. The second-order valence-corrected chi connectivity index (χ2v) is 6.10. The lowest BCUT2D eigenvalue weighted by Gasteiger charge is -2.18. The fourth-order valence-corrected chi connectivity index (χ4v) is 3.18. The number of ether oxygens (including phenoxy) is 1. The molecule has 1 aliphatic heterocycles. The zero-order valence-corrected chi connectivity index (χ0v) is 13.2. The van der Waals surface area contributed by atoms with Gasteiger partial charge >= 0.3 is 0 Å². The van der Waals surface area contributed by atoms with E-state index in [2.05, 4.69) is 26.7 Å². The summed E-state index contributed by atoms with van der Waals surface area (Å²) in [7, 11) is 1.69. The Morgan fingerprint density at radius 1 is 1.55 bits per heavy atom. The van der Waals surface area contributed by atoms with E-state index in [1.807, 2.05) is 13.8 Å². The maximum atomic E-state index is 12.4. The lowest BCUT2D eigenvalue weighted by molar-refractivity contribution is 0.0764. The molecule has 1 N–H and O–H groups in total. The van der Waals surface area contributed by atoms with Crippen molar-refractivity contribution in [3.8, 4) is 0 Å². The number of hydrogen-bond donors (Lipinski definition) is 1. The van der Waals surface area contributed by atoms with E-state index in [1.165, 1.54) is 0 Å². The van der Waals surface area contributed by atoms with E-state index in [-0.39, 0.29) is 24.0 Å². The molecule has 112 valence electrons. The summed E-state index contributed by atoms with van der Waals surface area (Å²) in [6.45, 7) is 8.78. The predicted octanol–water partition coefficient (Wildman–Crippen LogP) is 1.11. The normalized spacial score (nSPS) is 23.4. The van der Waals surface area contributed by atoms with E-state index < -0.39 is 0 Å². The van der Waals surface area contributed by atoms with Gasteiger partial charge in [0.25, 0.3) is 5.91 Å². The van der Waals surface area contributed by atoms with Crippen LogP contribution in [0.3, 0.4) is 0 Å². The van der Waals surface area contributed by atoms with Crippen LogP contribution in [0.1, 0.15) is 42.1 Å². The van der Waals surface area contributed by atoms with Crippen molar-refractivity contribution in [1.29, 1.82) is 0 Å². The first-order valence-electron chi connectivity index (χ1n) is 6.95. The zero-order chi connectivity index (χ0) is 14.7. The monoisotopic (exact) mass is 298 g/mol. The van der Waals surface area contributed by atoms with Crippen molar-refractivity contribution in [1.82, 2.24) is 19.8 Å². The summed E-state index contributed by atoms with van der Waals surface area (Å²) in [4.78, 5) is 15.3. The Kier molecular flexibility index (Phi) is 5.06. The van der Waals surface area contributed by atoms with Gasteiger partial charge in [-0.15, -0.1) is 5.10 Å². The number of likely N-dealkylation sites (tertiary alicyclic amines) is 1. The minimum Gasteiger partial charge on any atom is -0.378 e. The number of aromatic nitrogens is 2. The van der Waals surface area contributed by atoms with E-state index in [0.717, 1.165) is 36.9 Å². The minimum absolute atomic E-state index is 0.0227. The molecule has 1 fully saturated rings. The highest BCUT2D eigenvalue weighted by Gasteiger charge is 2.34. The van der Waals surface area contributed by atoms with Crippen molar-refractivity contribution in [3.05, 3.63) is 10.6 Å². The maximum Gasteiger partial charge on any atom is 0.265 e. The summed E-state index contributed by atoms with van der Waals surface area (Å²) in [5, 5.41) is 7.11. The van der Waals surface area contributed by atoms with Crippen molar-refractivity contribution in [2.75, 3.05) is 26.7 Å². The molecule has 1 aromatic rings. The molecule has 0 radical (unpaired) electrons. The first-order chi connectivity index (χ1) is 9.56. The average molecular weight is 298 g/mol. The molecule has 0 spiro atoms. The van der Waals surface area contributed by atoms with Crippen LogP contribution in [0.25, 0.3) is 0 Å². The van der Waals surface area contributed by atoms with Gasteiger partial charge in [-0.05, 0) is 24.0 Å². The highest BCUT2D eigenvalue weighted by Crippen LogP contribution is 2.20. The van der Waals surface area contributed by atoms with Crippen molar-refractivity contribution in [2.45, 2.75) is 38.8 Å². The van der Waals surface area contributed by atoms with E-state index >= 15 is 0 Å². The summed E-state index contributed by atoms with van der Waals surface area (Å²) < 4.78 is 9.37. The number of methoxy groups -OCH3 is 1. The van der Waals surface area contributed by atoms with Crippen LogP contribution < -0.4 is 5.32 Å². The summed E-state index contributed by atoms with van der Waals surface area (Å²) in [5.74, 6) is 0.108. The number of rotatable bonds is 5. The van der Waals surface area contributed by atoms with Crippen molar-refractivity contribution >= 4 is 17.4 Å². The predicted molar refractivity (Wildman–Crippen MR) is 78.2 cm³/mol. The number of nitrogens with one attached hydrogen (secondary N) is 1. The lowest BCUT2D eigenvalue weighted by Crippen LogP contribution is -2.43. The Balaban J connectivity index is 2.05. The molecule has 2 heterocycles. The molecule has 0 bridgehead atoms. The van der Waals surface area contributed by atoms with Crippen LogP contribution in [0.15, 0.2) is 0 Å². The van der Waals surface area contributed by atoms with Gasteiger partial charge in [-0.3, -0.25) is 9.69 Å². The molecule has 6 nitrogen and oxygen atoms in total. The van der Waals surface area contributed by atoms with Crippen molar-refractivity contribution in [3.63, 3.8) is 0 Å². The van der Waals surface area contributed by atoms with Crippen LogP contribution in [0, 0.1) is 0 Å². The summed E-state index contributed by atoms with van der Waals surface area (Å²) >= 11 is 1.16. The summed E-state index contributed by atoms with van der Waals surface area (Å²) in [6.07, 6.45) is 0.0438. The SMILES string of the molecule is CCN1C[C@@H](NC(=O)c2snnc2C(C)C)[C@H](OC)C1. The van der Waals surface area contributed by atoms with Gasteiger partial charge in [0.1, 0.15) is 4.88 Å². The fourth-order valence-electron chi connectivity index (χ4n) is 2.45. The molecule has 1 aliphatic rings. The van der Waals surface area contributed by atoms with Crippen LogP contribution >= 0.6 is 11.5 Å². The number of nitrogens with zero attached hydrogens (tertiary/aromatic N) is 3. The first kappa shape index (κ1) is 15.3. The molecular formula is C13H22N4O2S. The van der Waals surface area contributed by atoms with E-state index in [1.54, 1.807) is 7.11 Å². The zero-order valence-electron chi connectivity index (χ0n) is 12.4. The molecule has 0 saturated carbocycles. The number of carbonyl (C=O) groups excluding carboxylic acids is 1. The van der Waals surface area contributed by atoms with Gasteiger partial charge in [-0.25, -0.2) is 0 Å². The largest absolute Gasteiger partial charge is 0.378 e. The maximum absolute atomic E-state index is 12.4. The Hall–Kier alpha value is -1.05. The molecule has 0 aliphatic carbocycles. The molecule has 1 amide bonds. The van der Waals surface area contributed by atoms with Gasteiger partial charge in [-0.2, -0.15) is 0 Å². The number of amides is 1. The molecule has 1 saturated heterocycles. The topological polar surface area (TPSA) is 67.4 Å². The van der Waals surface area contributed by atoms with Crippen molar-refractivity contribution in [2.24, 2.45) is 0 Å². The molecule has 7 heteroatoms. The number of carbonyl (C=O) groups is 1. The second kappa shape index (κ2) is 6.60. The Bertz CT molecular complexity index is 463. The average Bonchev–Trinajstić information content (AvgIpc) is 3.04. The molecule has 1 aromatic heterocycles. The van der Waals surface area contributed by atoms with Crippen LogP contribution in [0.4, 0.5) is 0 Å². The molecule has 2 atom stereocenters. The standard InChI is InChI=1S/C13H22N4O2S/c1-5-17-6-9(10(7-17)19-4)14-13(18)12-11(8(2)3)15-16-20-12/h8-10H,5-7H2,1-4H3,(H,14,18)/t9-,10-/m1/s1. The number of hydrogen-bond acceptors (Lipinski definition) is 6. The third-order valence-electron chi connectivity index (χ3n) is 3.67. The Morgan fingerprint density at radius 2 is 2.30 bits per heavy atom. The Morgan fingerprint density at radius 3 is 2.90 bits per heavy atom. The molecule has 0 aromatic carbocycles. The fraction of sp³-hybridized carbons (Fsp3) is 0.769. The number of likely N-dealkylation sites (N-methyl/N-ethyl adjacent to an activating group) is 1. The summed E-state index contributed by atoms with van der Waals surface area (Å²) in [5.41, 5.74) is 0.770. The van der Waals surface area contributed by atoms with Crippen LogP contribution in [0.5, 0.6) is 0 Å². The van der Waals surface area contributed by atoms with Gasteiger partial charge in [0.15, 0.2) is 0 Å². The van der Waals surface area contributed by atoms with E-state index in [9.17, 15) is 4.79 Å². The highest BCUT2D eigenvalue weighted by atomic mass is 32.1. The van der Waals surface area contributed by atoms with Crippen LogP contribution in [-0.2, 0) is 4.74 Å². The third kappa shape index (κ3) is 3.16. The quantitative estimate of drug-likeness (QED) is 0.882. The van der Waals surface area contributed by atoms with Crippen LogP contribution in [0.2, 0.25) is 0 Å². The van der Waals surface area contributed by atoms with Crippen molar-refractivity contribution < 1.29 is 9.53 Å². The smallest absolute Gasteiger partial charge is 0.265 e. The van der Waals surface area contributed by atoms with Gasteiger partial charge in [0, 0.05) is 20.2 Å². The minimum atomic E-state index is -0.0892. The van der Waals surface area contributed by atoms with Gasteiger partial charge in [-0.1, -0.05) is 25.3 Å². The Labute approximate surface area is 123 Å². The second-order valence-electron chi connectivity index (χ2n) is 5.35. The van der Waals surface area contributed by atoms with E-state index in [0.29, 0.717) is 4.88 Å². The van der Waals surface area contributed by atoms with Gasteiger partial charge in [0.05, 0.1) is 17.8 Å². The first-order valence-corrected chi connectivity index (χ1v) is 7.72. The molecular weight excluding hydrogens is 276 g/mol. The van der Waals surface area contributed by atoms with Crippen LogP contribution in [-0.4, -0.2) is 59.3 Å². The van der Waals surface area contributed by atoms with E-state index in [4.69, 9.17) is 4.74 Å². The highest BCUT2D eigenvalue weighted by molar-refractivity contribution is 7.08. The molecule has 20 heavy (non-hydrogen) atoms. The summed E-state index contributed by atoms with van der Waals surface area (Å²) in [6, 6.07) is 0.0227. The van der Waals surface area contributed by atoms with Gasteiger partial charge in [0.2, 0.25) is 0 Å². The third-order valence-corrected chi connectivity index (χ3v) is 4.42. The lowest BCUT2D eigenvalue weighted by atomic mass is 10.1. The van der Waals surface area contributed by atoms with Gasteiger partial charge < -0.3 is 10.1 Å². The molecule has 2 rings (SSSR count).